The molecule has 1 amide bonds. The van der Waals surface area contributed by atoms with Crippen molar-refractivity contribution in [1.82, 2.24) is 4.90 Å². The van der Waals surface area contributed by atoms with E-state index in [9.17, 15) is 14.7 Å². The summed E-state index contributed by atoms with van der Waals surface area (Å²) in [6, 6.07) is 4.77. The van der Waals surface area contributed by atoms with Crippen molar-refractivity contribution in [2.45, 2.75) is 13.0 Å². The van der Waals surface area contributed by atoms with Crippen LogP contribution in [0.25, 0.3) is 0 Å². The van der Waals surface area contributed by atoms with E-state index in [-0.39, 0.29) is 12.5 Å². The number of carboxylic acid groups (broad SMARTS) is 1. The third kappa shape index (κ3) is 4.36. The first-order chi connectivity index (χ1) is 9.97. The highest BCUT2D eigenvalue weighted by Gasteiger charge is 2.30. The van der Waals surface area contributed by atoms with Gasteiger partial charge in [0, 0.05) is 18.1 Å². The van der Waals surface area contributed by atoms with Crippen LogP contribution < -0.4 is 5.32 Å². The molecule has 5 nitrogen and oxygen atoms in total. The van der Waals surface area contributed by atoms with E-state index in [1.807, 2.05) is 13.0 Å². The maximum atomic E-state index is 12.1. The molecule has 114 valence electrons. The van der Waals surface area contributed by atoms with Gasteiger partial charge in [-0.2, -0.15) is 11.8 Å². The van der Waals surface area contributed by atoms with Gasteiger partial charge in [0.25, 0.3) is 0 Å². The van der Waals surface area contributed by atoms with Gasteiger partial charge in [-0.3, -0.25) is 14.5 Å². The standard InChI is InChI=1S/C14H17ClN2O3S/c1-9-2-3-11(10(15)6-9)16-13(18)7-17-4-5-21-8-12(17)14(19)20/h2-3,6,12H,4-5,7-8H2,1H3,(H,16,18)(H,19,20). The Kier molecular flexibility index (Phi) is 5.50. The van der Waals surface area contributed by atoms with Gasteiger partial charge in [0.2, 0.25) is 5.91 Å². The summed E-state index contributed by atoms with van der Waals surface area (Å²) in [6.45, 7) is 2.57. The molecule has 1 atom stereocenters. The molecule has 1 aromatic carbocycles. The molecule has 0 aliphatic carbocycles. The largest absolute Gasteiger partial charge is 0.480 e. The normalized spacial score (nSPS) is 19.2. The molecule has 1 unspecified atom stereocenters. The van der Waals surface area contributed by atoms with Crippen LogP contribution >= 0.6 is 23.4 Å². The summed E-state index contributed by atoms with van der Waals surface area (Å²) in [5.41, 5.74) is 1.56. The minimum atomic E-state index is -0.886. The Bertz CT molecular complexity index is 553. The molecule has 7 heteroatoms. The molecule has 1 fully saturated rings. The maximum Gasteiger partial charge on any atom is 0.321 e. The predicted octanol–water partition coefficient (Wildman–Crippen LogP) is 2.09. The van der Waals surface area contributed by atoms with E-state index in [2.05, 4.69) is 5.32 Å². The van der Waals surface area contributed by atoms with Crippen LogP contribution in [0.2, 0.25) is 5.02 Å². The number of aliphatic carboxylic acids is 1. The van der Waals surface area contributed by atoms with Crippen molar-refractivity contribution in [3.63, 3.8) is 0 Å². The van der Waals surface area contributed by atoms with Crippen molar-refractivity contribution < 1.29 is 14.7 Å². The fourth-order valence-corrected chi connectivity index (χ4v) is 3.54. The molecule has 0 radical (unpaired) electrons. The quantitative estimate of drug-likeness (QED) is 0.885. The number of carbonyl (C=O) groups excluding carboxylic acids is 1. The van der Waals surface area contributed by atoms with Crippen molar-refractivity contribution >= 4 is 40.9 Å². The van der Waals surface area contributed by atoms with Crippen LogP contribution in [0.3, 0.4) is 0 Å². The Labute approximate surface area is 132 Å². The lowest BCUT2D eigenvalue weighted by atomic mass is 10.2. The molecule has 0 spiro atoms. The Hall–Kier alpha value is -1.24. The van der Waals surface area contributed by atoms with E-state index >= 15 is 0 Å². The topological polar surface area (TPSA) is 69.6 Å². The Morgan fingerprint density at radius 3 is 2.95 bits per heavy atom. The number of anilines is 1. The smallest absolute Gasteiger partial charge is 0.321 e. The van der Waals surface area contributed by atoms with Crippen LogP contribution in [0.5, 0.6) is 0 Å². The first-order valence-corrected chi connectivity index (χ1v) is 8.11. The van der Waals surface area contributed by atoms with E-state index in [0.717, 1.165) is 11.3 Å². The number of carbonyl (C=O) groups is 2. The number of hydrogen-bond donors (Lipinski definition) is 2. The summed E-state index contributed by atoms with van der Waals surface area (Å²) in [7, 11) is 0. The first-order valence-electron chi connectivity index (χ1n) is 6.58. The van der Waals surface area contributed by atoms with E-state index in [0.29, 0.717) is 23.0 Å². The molecule has 0 saturated carbocycles. The monoisotopic (exact) mass is 328 g/mol. The lowest BCUT2D eigenvalue weighted by Crippen LogP contribution is -2.50. The highest BCUT2D eigenvalue weighted by atomic mass is 35.5. The van der Waals surface area contributed by atoms with Crippen molar-refractivity contribution in [3.8, 4) is 0 Å². The van der Waals surface area contributed by atoms with E-state index in [1.54, 1.807) is 28.8 Å². The fraction of sp³-hybridized carbons (Fsp3) is 0.429. The minimum Gasteiger partial charge on any atom is -0.480 e. The number of aryl methyl sites for hydroxylation is 1. The lowest BCUT2D eigenvalue weighted by Gasteiger charge is -2.31. The molecule has 0 aromatic heterocycles. The number of rotatable bonds is 4. The van der Waals surface area contributed by atoms with Gasteiger partial charge < -0.3 is 10.4 Å². The zero-order valence-corrected chi connectivity index (χ0v) is 13.2. The molecular formula is C14H17ClN2O3S. The molecule has 1 heterocycles. The zero-order valence-electron chi connectivity index (χ0n) is 11.6. The maximum absolute atomic E-state index is 12.1. The average molecular weight is 329 g/mol. The minimum absolute atomic E-state index is 0.0573. The Balaban J connectivity index is 1.98. The second-order valence-corrected chi connectivity index (χ2v) is 6.49. The van der Waals surface area contributed by atoms with Gasteiger partial charge in [0.05, 0.1) is 17.3 Å². The number of nitrogens with one attached hydrogen (secondary N) is 1. The second-order valence-electron chi connectivity index (χ2n) is 4.93. The summed E-state index contributed by atoms with van der Waals surface area (Å²) in [5.74, 6) is 0.207. The number of nitrogens with zero attached hydrogens (tertiary/aromatic N) is 1. The van der Waals surface area contributed by atoms with Gasteiger partial charge in [-0.05, 0) is 24.6 Å². The number of hydrogen-bond acceptors (Lipinski definition) is 4. The number of amides is 1. The van der Waals surface area contributed by atoms with E-state index < -0.39 is 12.0 Å². The predicted molar refractivity (Wildman–Crippen MR) is 85.1 cm³/mol. The van der Waals surface area contributed by atoms with Crippen molar-refractivity contribution in [2.75, 3.05) is 29.9 Å². The van der Waals surface area contributed by atoms with Gasteiger partial charge >= 0.3 is 5.97 Å². The number of benzene rings is 1. The Morgan fingerprint density at radius 2 is 2.29 bits per heavy atom. The number of carboxylic acids is 1. The van der Waals surface area contributed by atoms with Gasteiger partial charge in [0.15, 0.2) is 0 Å². The molecule has 1 aliphatic heterocycles. The van der Waals surface area contributed by atoms with E-state index in [1.165, 1.54) is 0 Å². The van der Waals surface area contributed by atoms with Crippen LogP contribution in [-0.2, 0) is 9.59 Å². The van der Waals surface area contributed by atoms with E-state index in [4.69, 9.17) is 11.6 Å². The zero-order chi connectivity index (χ0) is 15.4. The molecule has 0 bridgehead atoms. The number of halogens is 1. The fourth-order valence-electron chi connectivity index (χ4n) is 2.15. The first kappa shape index (κ1) is 16.1. The van der Waals surface area contributed by atoms with Gasteiger partial charge in [-0.25, -0.2) is 0 Å². The summed E-state index contributed by atoms with van der Waals surface area (Å²) < 4.78 is 0. The third-order valence-corrected chi connectivity index (χ3v) is 4.61. The molecule has 2 rings (SSSR count). The van der Waals surface area contributed by atoms with Crippen LogP contribution in [0.1, 0.15) is 5.56 Å². The average Bonchev–Trinajstić information content (AvgIpc) is 2.42. The summed E-state index contributed by atoms with van der Waals surface area (Å²) >= 11 is 7.66. The lowest BCUT2D eigenvalue weighted by molar-refractivity contribution is -0.142. The van der Waals surface area contributed by atoms with Crippen molar-refractivity contribution in [3.05, 3.63) is 28.8 Å². The molecule has 1 aliphatic rings. The van der Waals surface area contributed by atoms with Crippen LogP contribution in [-0.4, -0.2) is 52.5 Å². The highest BCUT2D eigenvalue weighted by Crippen LogP contribution is 2.23. The number of thioether (sulfide) groups is 1. The van der Waals surface area contributed by atoms with Crippen molar-refractivity contribution in [1.29, 1.82) is 0 Å². The second kappa shape index (κ2) is 7.15. The molecule has 1 saturated heterocycles. The van der Waals surface area contributed by atoms with Crippen molar-refractivity contribution in [2.24, 2.45) is 0 Å². The highest BCUT2D eigenvalue weighted by molar-refractivity contribution is 7.99. The molecular weight excluding hydrogens is 312 g/mol. The van der Waals surface area contributed by atoms with Crippen LogP contribution in [0, 0.1) is 6.92 Å². The summed E-state index contributed by atoms with van der Waals surface area (Å²) in [4.78, 5) is 25.0. The summed E-state index contributed by atoms with van der Waals surface area (Å²) in [5, 5.41) is 12.4. The van der Waals surface area contributed by atoms with Gasteiger partial charge in [0.1, 0.15) is 6.04 Å². The van der Waals surface area contributed by atoms with Crippen LogP contribution in [0.4, 0.5) is 5.69 Å². The third-order valence-electron chi connectivity index (χ3n) is 3.27. The molecule has 21 heavy (non-hydrogen) atoms. The molecule has 2 N–H and O–H groups in total. The SMILES string of the molecule is Cc1ccc(NC(=O)CN2CCSCC2C(=O)O)c(Cl)c1. The Morgan fingerprint density at radius 1 is 1.52 bits per heavy atom. The van der Waals surface area contributed by atoms with Gasteiger partial charge in [-0.15, -0.1) is 0 Å². The van der Waals surface area contributed by atoms with Crippen LogP contribution in [0.15, 0.2) is 18.2 Å². The molecule has 1 aromatic rings. The summed E-state index contributed by atoms with van der Waals surface area (Å²) in [6.07, 6.45) is 0. The van der Waals surface area contributed by atoms with Gasteiger partial charge in [-0.1, -0.05) is 17.7 Å².